The van der Waals surface area contributed by atoms with Crippen molar-refractivity contribution in [2.24, 2.45) is 21.9 Å². The second-order valence-corrected chi connectivity index (χ2v) is 7.26. The van der Waals surface area contributed by atoms with Crippen LogP contribution in [0.25, 0.3) is 0 Å². The van der Waals surface area contributed by atoms with E-state index in [1.54, 1.807) is 0 Å². The molecule has 86 valence electrons. The number of carbonyl (C=O) groups is 1. The third kappa shape index (κ3) is 1.11. The first-order valence-electron chi connectivity index (χ1n) is 5.18. The summed E-state index contributed by atoms with van der Waals surface area (Å²) in [5.41, 5.74) is -0.754. The maximum atomic E-state index is 12.1. The Morgan fingerprint density at radius 3 is 2.13 bits per heavy atom. The van der Waals surface area contributed by atoms with Gasteiger partial charge in [-0.15, -0.1) is 0 Å². The van der Waals surface area contributed by atoms with Crippen molar-refractivity contribution in [2.45, 2.75) is 38.9 Å². The van der Waals surface area contributed by atoms with Crippen LogP contribution in [0.5, 0.6) is 0 Å². The number of sulfonamides is 1. The Morgan fingerprint density at radius 2 is 1.87 bits per heavy atom. The second kappa shape index (κ2) is 2.63. The van der Waals surface area contributed by atoms with E-state index in [-0.39, 0.29) is 17.1 Å². The molecule has 0 heterocycles. The largest absolute Gasteiger partial charge is 0.298 e. The van der Waals surface area contributed by atoms with Crippen molar-refractivity contribution >= 4 is 15.8 Å². The molecule has 0 aromatic carbocycles. The fraction of sp³-hybridized carbons (Fsp3) is 0.900. The summed E-state index contributed by atoms with van der Waals surface area (Å²) in [6, 6.07) is 0. The SMILES string of the molecule is CC1(C)[C@@H]2CC[C@]1(C)C(=O)[C@H]2S(N)(=O)=O. The zero-order valence-electron chi connectivity index (χ0n) is 9.28. The van der Waals surface area contributed by atoms with Crippen LogP contribution in [0.3, 0.4) is 0 Å². The molecular formula is C10H17NO3S. The van der Waals surface area contributed by atoms with Gasteiger partial charge in [0.05, 0.1) is 0 Å². The zero-order chi connectivity index (χ0) is 11.6. The van der Waals surface area contributed by atoms with Gasteiger partial charge in [-0.3, -0.25) is 4.79 Å². The summed E-state index contributed by atoms with van der Waals surface area (Å²) in [6.07, 6.45) is 1.58. The number of Topliss-reactive ketones (excluding diaryl/α,β-unsaturated/α-hetero) is 1. The minimum atomic E-state index is -3.74. The van der Waals surface area contributed by atoms with E-state index in [4.69, 9.17) is 5.14 Å². The lowest BCUT2D eigenvalue weighted by atomic mass is 9.70. The Bertz CT molecular complexity index is 426. The van der Waals surface area contributed by atoms with Crippen molar-refractivity contribution in [2.75, 3.05) is 0 Å². The van der Waals surface area contributed by atoms with Gasteiger partial charge in [0.15, 0.2) is 5.78 Å². The third-order valence-corrected chi connectivity index (χ3v) is 6.08. The normalized spacial score (nSPS) is 43.6. The van der Waals surface area contributed by atoms with E-state index < -0.39 is 20.7 Å². The number of rotatable bonds is 1. The van der Waals surface area contributed by atoms with E-state index in [9.17, 15) is 13.2 Å². The van der Waals surface area contributed by atoms with Crippen LogP contribution in [0.15, 0.2) is 0 Å². The third-order valence-electron chi connectivity index (χ3n) is 4.83. The Morgan fingerprint density at radius 1 is 1.33 bits per heavy atom. The molecule has 2 aliphatic carbocycles. The van der Waals surface area contributed by atoms with Gasteiger partial charge in [0.2, 0.25) is 10.0 Å². The Balaban J connectivity index is 2.57. The minimum Gasteiger partial charge on any atom is -0.298 e. The quantitative estimate of drug-likeness (QED) is 0.720. The van der Waals surface area contributed by atoms with Gasteiger partial charge in [-0.1, -0.05) is 20.8 Å². The summed E-state index contributed by atoms with van der Waals surface area (Å²) in [4.78, 5) is 12.1. The predicted molar refractivity (Wildman–Crippen MR) is 56.5 cm³/mol. The van der Waals surface area contributed by atoms with Crippen molar-refractivity contribution in [3.8, 4) is 0 Å². The Kier molecular flexibility index (Phi) is 1.94. The zero-order valence-corrected chi connectivity index (χ0v) is 10.1. The lowest BCUT2D eigenvalue weighted by Gasteiger charge is -2.32. The van der Waals surface area contributed by atoms with Crippen LogP contribution in [0.2, 0.25) is 0 Å². The Labute approximate surface area is 90.3 Å². The van der Waals surface area contributed by atoms with E-state index in [0.29, 0.717) is 0 Å². The molecule has 0 aliphatic heterocycles. The van der Waals surface area contributed by atoms with Crippen molar-refractivity contribution in [3.05, 3.63) is 0 Å². The molecule has 2 N–H and O–H groups in total. The molecular weight excluding hydrogens is 214 g/mol. The van der Waals surface area contributed by atoms with E-state index >= 15 is 0 Å². The predicted octanol–water partition coefficient (Wildman–Crippen LogP) is 0.669. The minimum absolute atomic E-state index is 0.106. The summed E-state index contributed by atoms with van der Waals surface area (Å²) < 4.78 is 22.8. The van der Waals surface area contributed by atoms with Crippen molar-refractivity contribution in [1.82, 2.24) is 0 Å². The Hall–Kier alpha value is -0.420. The molecule has 2 fully saturated rings. The van der Waals surface area contributed by atoms with Crippen molar-refractivity contribution in [1.29, 1.82) is 0 Å². The number of hydrogen-bond donors (Lipinski definition) is 1. The molecule has 0 amide bonds. The van der Waals surface area contributed by atoms with Gasteiger partial charge in [0.1, 0.15) is 5.25 Å². The monoisotopic (exact) mass is 231 g/mol. The maximum Gasteiger partial charge on any atom is 0.219 e. The van der Waals surface area contributed by atoms with Crippen LogP contribution in [-0.2, 0) is 14.8 Å². The average Bonchev–Trinajstić information content (AvgIpc) is 2.33. The van der Waals surface area contributed by atoms with Gasteiger partial charge in [-0.2, -0.15) is 0 Å². The van der Waals surface area contributed by atoms with E-state index in [0.717, 1.165) is 12.8 Å². The molecule has 2 aliphatic rings. The average molecular weight is 231 g/mol. The molecule has 0 aromatic rings. The molecule has 0 unspecified atom stereocenters. The van der Waals surface area contributed by atoms with Gasteiger partial charge in [0.25, 0.3) is 0 Å². The van der Waals surface area contributed by atoms with Crippen molar-refractivity contribution in [3.63, 3.8) is 0 Å². The first kappa shape index (κ1) is 11.1. The topological polar surface area (TPSA) is 77.2 Å². The highest BCUT2D eigenvalue weighted by molar-refractivity contribution is 7.90. The number of fused-ring (bicyclic) bond motifs is 2. The summed E-state index contributed by atoms with van der Waals surface area (Å²) in [5, 5.41) is 4.18. The number of ketones is 1. The van der Waals surface area contributed by atoms with Crippen LogP contribution < -0.4 is 5.14 Å². The summed E-state index contributed by atoms with van der Waals surface area (Å²) in [7, 11) is -3.74. The highest BCUT2D eigenvalue weighted by Gasteiger charge is 2.68. The fourth-order valence-electron chi connectivity index (χ4n) is 3.38. The maximum absolute atomic E-state index is 12.1. The standard InChI is InChI=1S/C10H17NO3S/c1-9(2)6-4-5-10(9,3)8(12)7(6)15(11,13)14/h6-7H,4-5H2,1-3H3,(H2,11,13,14)/t6-,7+,10-/m1/s1. The molecule has 15 heavy (non-hydrogen) atoms. The molecule has 0 aromatic heterocycles. The van der Waals surface area contributed by atoms with Crippen molar-refractivity contribution < 1.29 is 13.2 Å². The van der Waals surface area contributed by atoms with Gasteiger partial charge < -0.3 is 0 Å². The highest BCUT2D eigenvalue weighted by atomic mass is 32.2. The van der Waals surface area contributed by atoms with Crippen LogP contribution in [0.4, 0.5) is 0 Å². The molecule has 3 atom stereocenters. The fourth-order valence-corrected chi connectivity index (χ4v) is 4.87. The number of primary sulfonamides is 1. The molecule has 0 saturated heterocycles. The van der Waals surface area contributed by atoms with Gasteiger partial charge in [0, 0.05) is 5.41 Å². The van der Waals surface area contributed by atoms with Gasteiger partial charge in [-0.05, 0) is 24.2 Å². The van der Waals surface area contributed by atoms with E-state index in [1.807, 2.05) is 20.8 Å². The molecule has 5 heteroatoms. The summed E-state index contributed by atoms with van der Waals surface area (Å²) >= 11 is 0. The molecule has 2 bridgehead atoms. The first-order chi connectivity index (χ1) is 6.62. The number of nitrogens with two attached hydrogens (primary N) is 1. The van der Waals surface area contributed by atoms with Gasteiger partial charge in [-0.25, -0.2) is 13.6 Å². The van der Waals surface area contributed by atoms with E-state index in [2.05, 4.69) is 0 Å². The molecule has 2 rings (SSSR count). The molecule has 2 saturated carbocycles. The molecule has 0 radical (unpaired) electrons. The lowest BCUT2D eigenvalue weighted by molar-refractivity contribution is -0.127. The van der Waals surface area contributed by atoms with Crippen LogP contribution in [0, 0.1) is 16.7 Å². The number of hydrogen-bond acceptors (Lipinski definition) is 3. The highest BCUT2D eigenvalue weighted by Crippen LogP contribution is 2.64. The number of carbonyl (C=O) groups excluding carboxylic acids is 1. The van der Waals surface area contributed by atoms with Crippen LogP contribution in [-0.4, -0.2) is 19.5 Å². The first-order valence-corrected chi connectivity index (χ1v) is 6.79. The molecule has 0 spiro atoms. The molecule has 4 nitrogen and oxygen atoms in total. The summed E-state index contributed by atoms with van der Waals surface area (Å²) in [6.45, 7) is 5.84. The van der Waals surface area contributed by atoms with Crippen LogP contribution >= 0.6 is 0 Å². The van der Waals surface area contributed by atoms with Gasteiger partial charge >= 0.3 is 0 Å². The second-order valence-electron chi connectivity index (χ2n) is 5.57. The van der Waals surface area contributed by atoms with Crippen LogP contribution in [0.1, 0.15) is 33.6 Å². The lowest BCUT2D eigenvalue weighted by Crippen LogP contribution is -2.42. The van der Waals surface area contributed by atoms with E-state index in [1.165, 1.54) is 0 Å². The summed E-state index contributed by atoms with van der Waals surface area (Å²) in [5.74, 6) is -0.281. The smallest absolute Gasteiger partial charge is 0.219 e.